The van der Waals surface area contributed by atoms with Crippen LogP contribution < -0.4 is 5.32 Å². The van der Waals surface area contributed by atoms with E-state index in [1.165, 1.54) is 24.2 Å². The van der Waals surface area contributed by atoms with Crippen LogP contribution in [0.4, 0.5) is 0 Å². The summed E-state index contributed by atoms with van der Waals surface area (Å²) in [5, 5.41) is 3.55. The molecule has 0 aliphatic rings. The molecule has 3 heteroatoms. The molecule has 0 aliphatic heterocycles. The van der Waals surface area contributed by atoms with Gasteiger partial charge in [-0.05, 0) is 56.0 Å². The second-order valence-corrected chi connectivity index (χ2v) is 5.83. The summed E-state index contributed by atoms with van der Waals surface area (Å²) in [6.45, 7) is 3.32. The Morgan fingerprint density at radius 2 is 2.19 bits per heavy atom. The number of hydrogen-bond acceptors (Lipinski definition) is 2. The van der Waals surface area contributed by atoms with E-state index in [4.69, 9.17) is 0 Å². The van der Waals surface area contributed by atoms with Crippen LogP contribution in [0.3, 0.4) is 0 Å². The Bertz CT molecular complexity index is 304. The lowest BCUT2D eigenvalue weighted by Gasteiger charge is -2.14. The van der Waals surface area contributed by atoms with Crippen molar-refractivity contribution in [3.63, 3.8) is 0 Å². The lowest BCUT2D eigenvalue weighted by molar-refractivity contribution is 0.555. The van der Waals surface area contributed by atoms with Gasteiger partial charge < -0.3 is 5.32 Å². The minimum Gasteiger partial charge on any atom is -0.310 e. The Morgan fingerprint density at radius 3 is 2.88 bits per heavy atom. The summed E-state index contributed by atoms with van der Waals surface area (Å²) >= 11 is 5.43. The standard InChI is InChI=1S/C13H20BrNS/c1-11(15-8-3-4-9-16-2)12-6-5-7-13(14)10-12/h5-7,10-11,15H,3-4,8-9H2,1-2H3/t11-/m0/s1. The first-order valence-corrected chi connectivity index (χ1v) is 7.90. The van der Waals surface area contributed by atoms with E-state index >= 15 is 0 Å². The Balaban J connectivity index is 2.27. The van der Waals surface area contributed by atoms with Crippen LogP contribution in [-0.2, 0) is 0 Å². The second kappa shape index (κ2) is 8.15. The van der Waals surface area contributed by atoms with Crippen LogP contribution in [0.1, 0.15) is 31.4 Å². The molecule has 0 aliphatic carbocycles. The molecule has 1 aromatic carbocycles. The van der Waals surface area contributed by atoms with Gasteiger partial charge in [0.15, 0.2) is 0 Å². The van der Waals surface area contributed by atoms with Gasteiger partial charge in [0.25, 0.3) is 0 Å². The normalized spacial score (nSPS) is 12.7. The molecule has 0 bridgehead atoms. The molecule has 1 aromatic rings. The van der Waals surface area contributed by atoms with Crippen molar-refractivity contribution >= 4 is 27.7 Å². The van der Waals surface area contributed by atoms with Gasteiger partial charge in [-0.25, -0.2) is 0 Å². The summed E-state index contributed by atoms with van der Waals surface area (Å²) < 4.78 is 1.15. The highest BCUT2D eigenvalue weighted by molar-refractivity contribution is 9.10. The molecular formula is C13H20BrNS. The molecule has 0 heterocycles. The molecule has 1 rings (SSSR count). The molecule has 1 atom stereocenters. The highest BCUT2D eigenvalue weighted by atomic mass is 79.9. The zero-order valence-corrected chi connectivity index (χ0v) is 12.4. The lowest BCUT2D eigenvalue weighted by Crippen LogP contribution is -2.19. The number of halogens is 1. The molecule has 90 valence electrons. The quantitative estimate of drug-likeness (QED) is 0.756. The summed E-state index contributed by atoms with van der Waals surface area (Å²) in [6, 6.07) is 8.94. The van der Waals surface area contributed by atoms with Crippen LogP contribution in [0.2, 0.25) is 0 Å². The SMILES string of the molecule is CSCCCCN[C@@H](C)c1cccc(Br)c1. The van der Waals surface area contributed by atoms with Crippen molar-refractivity contribution in [2.45, 2.75) is 25.8 Å². The number of hydrogen-bond donors (Lipinski definition) is 1. The van der Waals surface area contributed by atoms with E-state index in [9.17, 15) is 0 Å². The van der Waals surface area contributed by atoms with Crippen molar-refractivity contribution in [3.8, 4) is 0 Å². The van der Waals surface area contributed by atoms with Crippen molar-refractivity contribution in [2.24, 2.45) is 0 Å². The molecule has 1 N–H and O–H groups in total. The Kier molecular flexibility index (Phi) is 7.17. The first-order valence-electron chi connectivity index (χ1n) is 5.72. The number of benzene rings is 1. The molecule has 0 aromatic heterocycles. The predicted octanol–water partition coefficient (Wildman–Crippen LogP) is 4.24. The van der Waals surface area contributed by atoms with Gasteiger partial charge in [0.2, 0.25) is 0 Å². The van der Waals surface area contributed by atoms with Crippen molar-refractivity contribution in [2.75, 3.05) is 18.6 Å². The maximum atomic E-state index is 3.55. The number of thioether (sulfide) groups is 1. The first-order chi connectivity index (χ1) is 7.74. The fourth-order valence-corrected chi connectivity index (χ4v) is 2.49. The summed E-state index contributed by atoms with van der Waals surface area (Å²) in [4.78, 5) is 0. The van der Waals surface area contributed by atoms with Gasteiger partial charge in [0, 0.05) is 10.5 Å². The molecule has 0 saturated carbocycles. The Morgan fingerprint density at radius 1 is 1.38 bits per heavy atom. The minimum absolute atomic E-state index is 0.437. The third-order valence-corrected chi connectivity index (χ3v) is 3.76. The van der Waals surface area contributed by atoms with Crippen LogP contribution in [0.25, 0.3) is 0 Å². The minimum atomic E-state index is 0.437. The maximum absolute atomic E-state index is 3.55. The molecule has 0 fully saturated rings. The molecule has 0 radical (unpaired) electrons. The monoisotopic (exact) mass is 301 g/mol. The Hall–Kier alpha value is 0.01000. The van der Waals surface area contributed by atoms with Crippen LogP contribution in [0, 0.1) is 0 Å². The van der Waals surface area contributed by atoms with Gasteiger partial charge in [-0.15, -0.1) is 0 Å². The fraction of sp³-hybridized carbons (Fsp3) is 0.538. The van der Waals surface area contributed by atoms with Crippen molar-refractivity contribution in [1.82, 2.24) is 5.32 Å². The van der Waals surface area contributed by atoms with Crippen LogP contribution >= 0.6 is 27.7 Å². The van der Waals surface area contributed by atoms with Gasteiger partial charge in [0.05, 0.1) is 0 Å². The topological polar surface area (TPSA) is 12.0 Å². The first kappa shape index (κ1) is 14.1. The summed E-state index contributed by atoms with van der Waals surface area (Å²) in [6.07, 6.45) is 4.73. The third-order valence-electron chi connectivity index (χ3n) is 2.57. The average molecular weight is 302 g/mol. The summed E-state index contributed by atoms with van der Waals surface area (Å²) in [5.74, 6) is 1.27. The van der Waals surface area contributed by atoms with Gasteiger partial charge in [-0.1, -0.05) is 28.1 Å². The highest BCUT2D eigenvalue weighted by Gasteiger charge is 2.03. The van der Waals surface area contributed by atoms with Gasteiger partial charge in [-0.3, -0.25) is 0 Å². The second-order valence-electron chi connectivity index (χ2n) is 3.93. The van der Waals surface area contributed by atoms with E-state index in [1.807, 2.05) is 11.8 Å². The molecule has 1 nitrogen and oxygen atoms in total. The van der Waals surface area contributed by atoms with Crippen molar-refractivity contribution < 1.29 is 0 Å². The molecule has 0 amide bonds. The van der Waals surface area contributed by atoms with Crippen molar-refractivity contribution in [3.05, 3.63) is 34.3 Å². The van der Waals surface area contributed by atoms with Crippen LogP contribution in [0.5, 0.6) is 0 Å². The number of unbranched alkanes of at least 4 members (excludes halogenated alkanes) is 1. The zero-order valence-electron chi connectivity index (χ0n) is 10.0. The fourth-order valence-electron chi connectivity index (χ4n) is 1.58. The highest BCUT2D eigenvalue weighted by Crippen LogP contribution is 2.17. The predicted molar refractivity (Wildman–Crippen MR) is 78.2 cm³/mol. The molecule has 0 saturated heterocycles. The van der Waals surface area contributed by atoms with Crippen LogP contribution in [-0.4, -0.2) is 18.6 Å². The maximum Gasteiger partial charge on any atom is 0.0292 e. The average Bonchev–Trinajstić information content (AvgIpc) is 2.28. The van der Waals surface area contributed by atoms with Gasteiger partial charge >= 0.3 is 0 Å². The molecule has 0 unspecified atom stereocenters. The van der Waals surface area contributed by atoms with Gasteiger partial charge in [0.1, 0.15) is 0 Å². The van der Waals surface area contributed by atoms with E-state index in [1.54, 1.807) is 0 Å². The van der Waals surface area contributed by atoms with Gasteiger partial charge in [-0.2, -0.15) is 11.8 Å². The Labute approximate surface area is 112 Å². The largest absolute Gasteiger partial charge is 0.310 e. The van der Waals surface area contributed by atoms with E-state index in [-0.39, 0.29) is 0 Å². The lowest BCUT2D eigenvalue weighted by atomic mass is 10.1. The van der Waals surface area contributed by atoms with E-state index in [0.29, 0.717) is 6.04 Å². The molecule has 16 heavy (non-hydrogen) atoms. The molecular weight excluding hydrogens is 282 g/mol. The number of nitrogens with one attached hydrogen (secondary N) is 1. The molecule has 0 spiro atoms. The number of rotatable bonds is 7. The van der Waals surface area contributed by atoms with E-state index < -0.39 is 0 Å². The van der Waals surface area contributed by atoms with E-state index in [2.05, 4.69) is 58.7 Å². The van der Waals surface area contributed by atoms with Crippen molar-refractivity contribution in [1.29, 1.82) is 0 Å². The summed E-state index contributed by atoms with van der Waals surface area (Å²) in [5.41, 5.74) is 1.35. The van der Waals surface area contributed by atoms with Crippen LogP contribution in [0.15, 0.2) is 28.7 Å². The summed E-state index contributed by atoms with van der Waals surface area (Å²) in [7, 11) is 0. The smallest absolute Gasteiger partial charge is 0.0292 e. The third kappa shape index (κ3) is 5.37. The van der Waals surface area contributed by atoms with E-state index in [0.717, 1.165) is 11.0 Å². The zero-order chi connectivity index (χ0) is 11.8.